The Morgan fingerprint density at radius 1 is 0.812 bits per heavy atom. The molecule has 0 N–H and O–H groups in total. The Hall–Kier alpha value is -3.60. The molecule has 0 saturated heterocycles. The van der Waals surface area contributed by atoms with Gasteiger partial charge in [-0.2, -0.15) is 0 Å². The Labute approximate surface area is 189 Å². The van der Waals surface area contributed by atoms with Crippen LogP contribution in [-0.4, -0.2) is 36.5 Å². The first-order valence-corrected chi connectivity index (χ1v) is 10.9. The molecular weight excluding hydrogens is 402 g/mol. The van der Waals surface area contributed by atoms with Crippen molar-refractivity contribution in [3.8, 4) is 5.75 Å². The van der Waals surface area contributed by atoms with Gasteiger partial charge in [0.15, 0.2) is 0 Å². The van der Waals surface area contributed by atoms with E-state index >= 15 is 0 Å². The summed E-state index contributed by atoms with van der Waals surface area (Å²) in [5.74, 6) is 0.0573. The van der Waals surface area contributed by atoms with Crippen LogP contribution < -0.4 is 4.74 Å². The third-order valence-corrected chi connectivity index (χ3v) is 5.00. The molecule has 0 aliphatic rings. The number of hydrogen-bond donors (Lipinski definition) is 0. The molecule has 0 aliphatic carbocycles. The molecule has 1 amide bonds. The van der Waals surface area contributed by atoms with Gasteiger partial charge in [-0.15, -0.1) is 0 Å². The van der Waals surface area contributed by atoms with Crippen LogP contribution in [0.4, 0.5) is 0 Å². The summed E-state index contributed by atoms with van der Waals surface area (Å²) in [5.41, 5.74) is 2.66. The van der Waals surface area contributed by atoms with Gasteiger partial charge in [-0.3, -0.25) is 9.59 Å². The predicted molar refractivity (Wildman–Crippen MR) is 125 cm³/mol. The van der Waals surface area contributed by atoms with Gasteiger partial charge in [-0.05, 0) is 30.2 Å². The number of carbonyl (C=O) groups is 2. The van der Waals surface area contributed by atoms with Crippen LogP contribution >= 0.6 is 0 Å². The van der Waals surface area contributed by atoms with E-state index in [2.05, 4.69) is 12.1 Å². The summed E-state index contributed by atoms with van der Waals surface area (Å²) in [4.78, 5) is 27.1. The molecule has 0 saturated carbocycles. The maximum absolute atomic E-state index is 13.5. The summed E-state index contributed by atoms with van der Waals surface area (Å²) in [6, 6.07) is 27.1. The van der Waals surface area contributed by atoms with Crippen LogP contribution in [0.25, 0.3) is 0 Å². The standard InChI is InChI=1S/C27H29NO4/c1-2-31-26(29)17-19-28(21-23-13-7-4-8-14-23)27(30)24-15-9-10-16-25(24)32-20-18-22-11-5-3-6-12-22/h3-16H,2,17-21H2,1H3. The van der Waals surface area contributed by atoms with Gasteiger partial charge in [-0.25, -0.2) is 0 Å². The molecule has 166 valence electrons. The summed E-state index contributed by atoms with van der Waals surface area (Å²) in [7, 11) is 0. The van der Waals surface area contributed by atoms with Crippen LogP contribution in [0.15, 0.2) is 84.9 Å². The second-order valence-electron chi connectivity index (χ2n) is 7.35. The molecule has 5 heteroatoms. The van der Waals surface area contributed by atoms with Gasteiger partial charge in [0.1, 0.15) is 5.75 Å². The maximum atomic E-state index is 13.5. The molecular formula is C27H29NO4. The molecule has 5 nitrogen and oxygen atoms in total. The molecule has 32 heavy (non-hydrogen) atoms. The highest BCUT2D eigenvalue weighted by atomic mass is 16.5. The minimum absolute atomic E-state index is 0.142. The molecule has 3 rings (SSSR count). The summed E-state index contributed by atoms with van der Waals surface area (Å²) < 4.78 is 11.0. The average molecular weight is 432 g/mol. The van der Waals surface area contributed by atoms with Crippen LogP contribution in [0.1, 0.15) is 34.8 Å². The molecule has 3 aromatic carbocycles. The molecule has 0 fully saturated rings. The van der Waals surface area contributed by atoms with E-state index in [1.54, 1.807) is 17.9 Å². The number of benzene rings is 3. The summed E-state index contributed by atoms with van der Waals surface area (Å²) in [5, 5.41) is 0. The zero-order valence-electron chi connectivity index (χ0n) is 18.4. The minimum Gasteiger partial charge on any atom is -0.492 e. The van der Waals surface area contributed by atoms with E-state index in [9.17, 15) is 9.59 Å². The molecule has 0 heterocycles. The predicted octanol–water partition coefficient (Wildman–Crippen LogP) is 4.90. The normalized spacial score (nSPS) is 10.4. The minimum atomic E-state index is -0.314. The number of ether oxygens (including phenoxy) is 2. The van der Waals surface area contributed by atoms with Gasteiger partial charge in [0.2, 0.25) is 0 Å². The van der Waals surface area contributed by atoms with E-state index in [0.29, 0.717) is 31.1 Å². The zero-order chi connectivity index (χ0) is 22.6. The van der Waals surface area contributed by atoms with Crippen LogP contribution in [-0.2, 0) is 22.5 Å². The Balaban J connectivity index is 1.73. The zero-order valence-corrected chi connectivity index (χ0v) is 18.4. The first kappa shape index (κ1) is 23.1. The van der Waals surface area contributed by atoms with Crippen LogP contribution in [0.2, 0.25) is 0 Å². The summed E-state index contributed by atoms with van der Waals surface area (Å²) in [6.07, 6.45) is 0.892. The number of para-hydroxylation sites is 1. The molecule has 3 aromatic rings. The fourth-order valence-electron chi connectivity index (χ4n) is 3.38. The molecule has 0 radical (unpaired) electrons. The van der Waals surface area contributed by atoms with Crippen molar-refractivity contribution in [2.24, 2.45) is 0 Å². The Kier molecular flexibility index (Phi) is 8.87. The van der Waals surface area contributed by atoms with Crippen molar-refractivity contribution in [2.45, 2.75) is 26.3 Å². The first-order valence-electron chi connectivity index (χ1n) is 10.9. The van der Waals surface area contributed by atoms with Crippen molar-refractivity contribution in [1.82, 2.24) is 4.90 Å². The van der Waals surface area contributed by atoms with Crippen molar-refractivity contribution in [2.75, 3.05) is 19.8 Å². The fourth-order valence-corrected chi connectivity index (χ4v) is 3.38. The quantitative estimate of drug-likeness (QED) is 0.405. The lowest BCUT2D eigenvalue weighted by Crippen LogP contribution is -2.33. The number of amides is 1. The van der Waals surface area contributed by atoms with Gasteiger partial charge < -0.3 is 14.4 Å². The summed E-state index contributed by atoms with van der Waals surface area (Å²) >= 11 is 0. The Bertz CT molecular complexity index is 989. The van der Waals surface area contributed by atoms with Crippen molar-refractivity contribution in [1.29, 1.82) is 0 Å². The highest BCUT2D eigenvalue weighted by Crippen LogP contribution is 2.22. The van der Waals surface area contributed by atoms with E-state index in [-0.39, 0.29) is 24.8 Å². The number of carbonyl (C=O) groups excluding carboxylic acids is 2. The lowest BCUT2D eigenvalue weighted by molar-refractivity contribution is -0.143. The largest absolute Gasteiger partial charge is 0.492 e. The fraction of sp³-hybridized carbons (Fsp3) is 0.259. The Morgan fingerprint density at radius 2 is 1.44 bits per heavy atom. The van der Waals surface area contributed by atoms with Gasteiger partial charge in [0, 0.05) is 19.5 Å². The lowest BCUT2D eigenvalue weighted by Gasteiger charge is -2.24. The molecule has 0 aromatic heterocycles. The number of rotatable bonds is 11. The van der Waals surface area contributed by atoms with Crippen molar-refractivity contribution in [3.05, 3.63) is 102 Å². The van der Waals surface area contributed by atoms with E-state index in [0.717, 1.165) is 12.0 Å². The second kappa shape index (κ2) is 12.3. The molecule has 0 unspecified atom stereocenters. The number of hydrogen-bond acceptors (Lipinski definition) is 4. The van der Waals surface area contributed by atoms with Crippen molar-refractivity contribution >= 4 is 11.9 Å². The maximum Gasteiger partial charge on any atom is 0.307 e. The smallest absolute Gasteiger partial charge is 0.307 e. The monoisotopic (exact) mass is 431 g/mol. The van der Waals surface area contributed by atoms with Gasteiger partial charge in [0.05, 0.1) is 25.2 Å². The topological polar surface area (TPSA) is 55.8 Å². The Morgan fingerprint density at radius 3 is 2.12 bits per heavy atom. The van der Waals surface area contributed by atoms with Crippen LogP contribution in [0, 0.1) is 0 Å². The van der Waals surface area contributed by atoms with E-state index in [1.807, 2.05) is 66.7 Å². The third kappa shape index (κ3) is 6.98. The van der Waals surface area contributed by atoms with Gasteiger partial charge in [-0.1, -0.05) is 72.8 Å². The molecule has 0 atom stereocenters. The SMILES string of the molecule is CCOC(=O)CCN(Cc1ccccc1)C(=O)c1ccccc1OCCc1ccccc1. The van der Waals surface area contributed by atoms with Gasteiger partial charge >= 0.3 is 5.97 Å². The highest BCUT2D eigenvalue weighted by Gasteiger charge is 2.21. The van der Waals surface area contributed by atoms with Crippen molar-refractivity contribution in [3.63, 3.8) is 0 Å². The number of nitrogens with zero attached hydrogens (tertiary/aromatic N) is 1. The molecule has 0 aliphatic heterocycles. The van der Waals surface area contributed by atoms with Crippen LogP contribution in [0.5, 0.6) is 5.75 Å². The third-order valence-electron chi connectivity index (χ3n) is 5.00. The van der Waals surface area contributed by atoms with E-state index < -0.39 is 0 Å². The van der Waals surface area contributed by atoms with E-state index in [1.165, 1.54) is 5.56 Å². The second-order valence-corrected chi connectivity index (χ2v) is 7.35. The first-order chi connectivity index (χ1) is 15.7. The lowest BCUT2D eigenvalue weighted by atomic mass is 10.1. The van der Waals surface area contributed by atoms with E-state index in [4.69, 9.17) is 9.47 Å². The number of esters is 1. The average Bonchev–Trinajstić information content (AvgIpc) is 2.83. The van der Waals surface area contributed by atoms with Crippen molar-refractivity contribution < 1.29 is 19.1 Å². The summed E-state index contributed by atoms with van der Waals surface area (Å²) in [6.45, 7) is 3.23. The van der Waals surface area contributed by atoms with Crippen LogP contribution in [0.3, 0.4) is 0 Å². The molecule has 0 spiro atoms. The molecule has 0 bridgehead atoms. The highest BCUT2D eigenvalue weighted by molar-refractivity contribution is 5.97. The van der Waals surface area contributed by atoms with Gasteiger partial charge in [0.25, 0.3) is 5.91 Å².